The Kier molecular flexibility index (Phi) is 6.92. The third-order valence-electron chi connectivity index (χ3n) is 3.11. The Morgan fingerprint density at radius 2 is 1.96 bits per heavy atom. The molecule has 0 spiro atoms. The number of hydrogen-bond donors (Lipinski definition) is 2. The van der Waals surface area contributed by atoms with E-state index in [4.69, 9.17) is 10.5 Å². The molecule has 0 fully saturated rings. The highest BCUT2D eigenvalue weighted by Gasteiger charge is 2.20. The van der Waals surface area contributed by atoms with Crippen LogP contribution in [-0.4, -0.2) is 29.6 Å². The number of primary amides is 1. The Labute approximate surface area is 134 Å². The normalized spacial score (nSPS) is 11.4. The summed E-state index contributed by atoms with van der Waals surface area (Å²) < 4.78 is 4.90. The standard InChI is InChI=1S/C16H20N2O5/c1-3-12(20)7-8-14(15(17)21)18-16(22)11-5-4-6-13(9-11)23-10(2)19/h4-6,9,14H,3,7-8H2,1-2H3,(H2,17,21)(H,18,22)/t14-/m0/s1. The van der Waals surface area contributed by atoms with Crippen LogP contribution >= 0.6 is 0 Å². The van der Waals surface area contributed by atoms with Gasteiger partial charge in [-0.2, -0.15) is 0 Å². The Morgan fingerprint density at radius 3 is 2.52 bits per heavy atom. The van der Waals surface area contributed by atoms with Crippen LogP contribution in [0, 0.1) is 0 Å². The van der Waals surface area contributed by atoms with Crippen molar-refractivity contribution in [1.29, 1.82) is 0 Å². The Balaban J connectivity index is 2.76. The van der Waals surface area contributed by atoms with Gasteiger partial charge in [-0.3, -0.25) is 19.2 Å². The van der Waals surface area contributed by atoms with Gasteiger partial charge in [-0.1, -0.05) is 13.0 Å². The maximum absolute atomic E-state index is 12.2. The minimum atomic E-state index is -0.935. The molecule has 0 aliphatic heterocycles. The molecule has 0 radical (unpaired) electrons. The number of carbonyl (C=O) groups excluding carboxylic acids is 4. The van der Waals surface area contributed by atoms with Gasteiger partial charge in [0.2, 0.25) is 5.91 Å². The second kappa shape index (κ2) is 8.67. The number of ether oxygens (including phenoxy) is 1. The van der Waals surface area contributed by atoms with Crippen LogP contribution in [0.15, 0.2) is 24.3 Å². The first-order chi connectivity index (χ1) is 10.8. The molecule has 0 unspecified atom stereocenters. The van der Waals surface area contributed by atoms with Gasteiger partial charge in [0, 0.05) is 25.3 Å². The summed E-state index contributed by atoms with van der Waals surface area (Å²) in [4.78, 5) is 45.8. The van der Waals surface area contributed by atoms with Crippen LogP contribution in [0.1, 0.15) is 43.5 Å². The van der Waals surface area contributed by atoms with E-state index in [1.54, 1.807) is 13.0 Å². The molecule has 2 amide bonds. The van der Waals surface area contributed by atoms with Crippen molar-refractivity contribution in [3.63, 3.8) is 0 Å². The average molecular weight is 320 g/mol. The third-order valence-corrected chi connectivity index (χ3v) is 3.11. The van der Waals surface area contributed by atoms with E-state index < -0.39 is 23.8 Å². The molecule has 0 aromatic heterocycles. The number of benzene rings is 1. The first kappa shape index (κ1) is 18.3. The molecular weight excluding hydrogens is 300 g/mol. The summed E-state index contributed by atoms with van der Waals surface area (Å²) >= 11 is 0. The fourth-order valence-corrected chi connectivity index (χ4v) is 1.88. The van der Waals surface area contributed by atoms with E-state index in [0.717, 1.165) is 0 Å². The lowest BCUT2D eigenvalue weighted by atomic mass is 10.1. The molecule has 1 aromatic rings. The summed E-state index contributed by atoms with van der Waals surface area (Å²) in [6.45, 7) is 2.97. The summed E-state index contributed by atoms with van der Waals surface area (Å²) in [6.07, 6.45) is 0.680. The lowest BCUT2D eigenvalue weighted by Gasteiger charge is -2.15. The lowest BCUT2D eigenvalue weighted by Crippen LogP contribution is -2.44. The van der Waals surface area contributed by atoms with Crippen molar-refractivity contribution < 1.29 is 23.9 Å². The number of hydrogen-bond acceptors (Lipinski definition) is 5. The lowest BCUT2D eigenvalue weighted by molar-refractivity contribution is -0.132. The van der Waals surface area contributed by atoms with E-state index in [1.807, 2.05) is 0 Å². The number of esters is 1. The zero-order valence-corrected chi connectivity index (χ0v) is 13.1. The summed E-state index contributed by atoms with van der Waals surface area (Å²) in [5.41, 5.74) is 5.47. The minimum Gasteiger partial charge on any atom is -0.427 e. The third kappa shape index (κ3) is 6.29. The van der Waals surface area contributed by atoms with Crippen molar-refractivity contribution in [3.8, 4) is 5.75 Å². The average Bonchev–Trinajstić information content (AvgIpc) is 2.50. The molecule has 7 heteroatoms. The van der Waals surface area contributed by atoms with Crippen molar-refractivity contribution in [2.75, 3.05) is 0 Å². The van der Waals surface area contributed by atoms with E-state index >= 15 is 0 Å². The highest BCUT2D eigenvalue weighted by molar-refractivity contribution is 5.97. The van der Waals surface area contributed by atoms with Crippen LogP contribution in [0.4, 0.5) is 0 Å². The first-order valence-corrected chi connectivity index (χ1v) is 7.23. The Morgan fingerprint density at radius 1 is 1.26 bits per heavy atom. The van der Waals surface area contributed by atoms with Gasteiger partial charge in [-0.05, 0) is 24.6 Å². The highest BCUT2D eigenvalue weighted by atomic mass is 16.5. The zero-order chi connectivity index (χ0) is 17.4. The molecule has 0 bridgehead atoms. The molecule has 1 rings (SSSR count). The monoisotopic (exact) mass is 320 g/mol. The maximum Gasteiger partial charge on any atom is 0.308 e. The molecule has 0 heterocycles. The predicted octanol–water partition coefficient (Wildman–Crippen LogP) is 0.955. The van der Waals surface area contributed by atoms with Crippen molar-refractivity contribution in [3.05, 3.63) is 29.8 Å². The van der Waals surface area contributed by atoms with E-state index in [1.165, 1.54) is 25.1 Å². The molecular formula is C16H20N2O5. The molecule has 0 aliphatic carbocycles. The van der Waals surface area contributed by atoms with Crippen LogP contribution in [0.25, 0.3) is 0 Å². The van der Waals surface area contributed by atoms with Gasteiger partial charge in [0.05, 0.1) is 0 Å². The SMILES string of the molecule is CCC(=O)CC[C@H](NC(=O)c1cccc(OC(C)=O)c1)C(N)=O. The van der Waals surface area contributed by atoms with Crippen LogP contribution in [-0.2, 0) is 14.4 Å². The van der Waals surface area contributed by atoms with Crippen molar-refractivity contribution in [1.82, 2.24) is 5.32 Å². The fraction of sp³-hybridized carbons (Fsp3) is 0.375. The quantitative estimate of drug-likeness (QED) is 0.546. The van der Waals surface area contributed by atoms with E-state index in [2.05, 4.69) is 5.32 Å². The van der Waals surface area contributed by atoms with Gasteiger partial charge in [-0.15, -0.1) is 0 Å². The van der Waals surface area contributed by atoms with Gasteiger partial charge in [0.25, 0.3) is 5.91 Å². The summed E-state index contributed by atoms with van der Waals surface area (Å²) in [5, 5.41) is 2.49. The van der Waals surface area contributed by atoms with Gasteiger partial charge < -0.3 is 15.8 Å². The topological polar surface area (TPSA) is 116 Å². The minimum absolute atomic E-state index is 0.0117. The molecule has 0 saturated heterocycles. The number of Topliss-reactive ketones (excluding diaryl/α,β-unsaturated/α-hetero) is 1. The number of nitrogens with two attached hydrogens (primary N) is 1. The number of amides is 2. The Bertz CT molecular complexity index is 612. The van der Waals surface area contributed by atoms with E-state index in [0.29, 0.717) is 6.42 Å². The van der Waals surface area contributed by atoms with Crippen LogP contribution < -0.4 is 15.8 Å². The molecule has 23 heavy (non-hydrogen) atoms. The molecule has 7 nitrogen and oxygen atoms in total. The smallest absolute Gasteiger partial charge is 0.308 e. The predicted molar refractivity (Wildman–Crippen MR) is 82.7 cm³/mol. The molecule has 1 aromatic carbocycles. The van der Waals surface area contributed by atoms with E-state index in [9.17, 15) is 19.2 Å². The second-order valence-corrected chi connectivity index (χ2v) is 4.98. The summed E-state index contributed by atoms with van der Waals surface area (Å²) in [7, 11) is 0. The maximum atomic E-state index is 12.2. The van der Waals surface area contributed by atoms with Crippen molar-refractivity contribution in [2.24, 2.45) is 5.73 Å². The summed E-state index contributed by atoms with van der Waals surface area (Å²) in [5.74, 6) is -1.54. The molecule has 124 valence electrons. The van der Waals surface area contributed by atoms with Gasteiger partial charge in [-0.25, -0.2) is 0 Å². The van der Waals surface area contributed by atoms with Crippen LogP contribution in [0.3, 0.4) is 0 Å². The number of carbonyl (C=O) groups is 4. The number of nitrogens with one attached hydrogen (secondary N) is 1. The van der Waals surface area contributed by atoms with Gasteiger partial charge >= 0.3 is 5.97 Å². The van der Waals surface area contributed by atoms with Gasteiger partial charge in [0.15, 0.2) is 0 Å². The van der Waals surface area contributed by atoms with E-state index in [-0.39, 0.29) is 29.9 Å². The van der Waals surface area contributed by atoms with Crippen LogP contribution in [0.5, 0.6) is 5.75 Å². The first-order valence-electron chi connectivity index (χ1n) is 7.23. The fourth-order valence-electron chi connectivity index (χ4n) is 1.88. The second-order valence-electron chi connectivity index (χ2n) is 4.98. The summed E-state index contributed by atoms with van der Waals surface area (Å²) in [6, 6.07) is 5.04. The molecule has 0 saturated carbocycles. The molecule has 3 N–H and O–H groups in total. The number of ketones is 1. The van der Waals surface area contributed by atoms with Gasteiger partial charge in [0.1, 0.15) is 17.6 Å². The molecule has 0 aliphatic rings. The highest BCUT2D eigenvalue weighted by Crippen LogP contribution is 2.14. The largest absolute Gasteiger partial charge is 0.427 e. The van der Waals surface area contributed by atoms with Crippen LogP contribution in [0.2, 0.25) is 0 Å². The molecule has 1 atom stereocenters. The van der Waals surface area contributed by atoms with Crippen molar-refractivity contribution >= 4 is 23.6 Å². The Hall–Kier alpha value is -2.70. The number of rotatable bonds is 8. The zero-order valence-electron chi connectivity index (χ0n) is 13.1. The van der Waals surface area contributed by atoms with Crippen molar-refractivity contribution in [2.45, 2.75) is 39.2 Å².